The van der Waals surface area contributed by atoms with Crippen LogP contribution in [0.1, 0.15) is 66.7 Å². The van der Waals surface area contributed by atoms with E-state index in [-0.39, 0.29) is 11.6 Å². The second-order valence-electron chi connectivity index (χ2n) is 8.25. The molecule has 0 aromatic heterocycles. The second-order valence-corrected chi connectivity index (χ2v) is 8.25. The predicted molar refractivity (Wildman–Crippen MR) is 75.6 cm³/mol. The number of hydrogen-bond donors (Lipinski definition) is 0. The van der Waals surface area contributed by atoms with Crippen LogP contribution in [-0.4, -0.2) is 11.6 Å². The lowest BCUT2D eigenvalue weighted by molar-refractivity contribution is -0.171. The van der Waals surface area contributed by atoms with Crippen LogP contribution in [0.3, 0.4) is 0 Å². The van der Waals surface area contributed by atoms with Gasteiger partial charge < -0.3 is 4.74 Å². The first kappa shape index (κ1) is 13.5. The molecule has 0 saturated heterocycles. The van der Waals surface area contributed by atoms with E-state index < -0.39 is 0 Å². The van der Waals surface area contributed by atoms with Crippen LogP contribution in [0.15, 0.2) is 0 Å². The number of rotatable bonds is 1. The number of fused-ring (bicyclic) bond motifs is 1. The molecule has 0 radical (unpaired) electrons. The molecule has 2 bridgehead atoms. The largest absolute Gasteiger partial charge is 0.459 e. The van der Waals surface area contributed by atoms with Crippen molar-refractivity contribution in [1.82, 2.24) is 0 Å². The summed E-state index contributed by atoms with van der Waals surface area (Å²) in [4.78, 5) is 11.5. The topological polar surface area (TPSA) is 26.3 Å². The molecular formula is C17H28O2. The van der Waals surface area contributed by atoms with E-state index in [0.29, 0.717) is 16.7 Å². The number of esters is 1. The van der Waals surface area contributed by atoms with Crippen LogP contribution in [0.5, 0.6) is 0 Å². The molecule has 3 fully saturated rings. The van der Waals surface area contributed by atoms with Gasteiger partial charge in [-0.05, 0) is 61.7 Å². The van der Waals surface area contributed by atoms with E-state index in [2.05, 4.69) is 27.7 Å². The van der Waals surface area contributed by atoms with Crippen LogP contribution in [0, 0.1) is 28.6 Å². The summed E-state index contributed by atoms with van der Waals surface area (Å²) in [5, 5.41) is 0. The molecule has 3 saturated carbocycles. The van der Waals surface area contributed by atoms with Crippen LogP contribution in [0.2, 0.25) is 0 Å². The van der Waals surface area contributed by atoms with Gasteiger partial charge in [-0.3, -0.25) is 4.79 Å². The molecule has 0 N–H and O–H groups in total. The first-order chi connectivity index (χ1) is 8.72. The molecule has 3 aliphatic carbocycles. The van der Waals surface area contributed by atoms with Crippen LogP contribution < -0.4 is 0 Å². The maximum atomic E-state index is 11.5. The van der Waals surface area contributed by atoms with E-state index >= 15 is 0 Å². The smallest absolute Gasteiger partial charge is 0.303 e. The summed E-state index contributed by atoms with van der Waals surface area (Å²) in [5.41, 5.74) is 0.629. The minimum absolute atomic E-state index is 0.112. The Balaban J connectivity index is 1.99. The van der Waals surface area contributed by atoms with E-state index in [1.165, 1.54) is 25.7 Å². The zero-order valence-electron chi connectivity index (χ0n) is 13.1. The number of hydrogen-bond acceptors (Lipinski definition) is 2. The highest BCUT2D eigenvalue weighted by molar-refractivity contribution is 5.66. The van der Waals surface area contributed by atoms with Gasteiger partial charge >= 0.3 is 5.97 Å². The summed E-state index contributed by atoms with van der Waals surface area (Å²) in [7, 11) is 0. The van der Waals surface area contributed by atoms with Gasteiger partial charge in [0.15, 0.2) is 0 Å². The van der Waals surface area contributed by atoms with Crippen LogP contribution in [0.25, 0.3) is 0 Å². The van der Waals surface area contributed by atoms with Crippen molar-refractivity contribution in [2.24, 2.45) is 28.6 Å². The Labute approximate surface area is 117 Å². The van der Waals surface area contributed by atoms with Crippen molar-refractivity contribution >= 4 is 5.97 Å². The Bertz CT molecular complexity index is 413. The van der Waals surface area contributed by atoms with E-state index in [9.17, 15) is 4.79 Å². The van der Waals surface area contributed by atoms with E-state index in [1.54, 1.807) is 6.92 Å². The summed E-state index contributed by atoms with van der Waals surface area (Å²) in [6.45, 7) is 11.0. The van der Waals surface area contributed by atoms with Crippen molar-refractivity contribution in [3.63, 3.8) is 0 Å². The van der Waals surface area contributed by atoms with Crippen molar-refractivity contribution in [3.05, 3.63) is 0 Å². The second kappa shape index (κ2) is 3.77. The molecule has 0 heterocycles. The lowest BCUT2D eigenvalue weighted by atomic mass is 9.64. The molecule has 0 aromatic carbocycles. The Morgan fingerprint density at radius 1 is 1.11 bits per heavy atom. The van der Waals surface area contributed by atoms with Gasteiger partial charge in [-0.15, -0.1) is 0 Å². The summed E-state index contributed by atoms with van der Waals surface area (Å²) in [6.07, 6.45) is 6.35. The Morgan fingerprint density at radius 2 is 1.79 bits per heavy atom. The summed E-state index contributed by atoms with van der Waals surface area (Å²) in [6, 6.07) is 0. The van der Waals surface area contributed by atoms with Crippen LogP contribution in [0.4, 0.5) is 0 Å². The minimum atomic E-state index is -0.232. The van der Waals surface area contributed by atoms with Crippen molar-refractivity contribution in [2.45, 2.75) is 72.3 Å². The quantitative estimate of drug-likeness (QED) is 0.664. The minimum Gasteiger partial charge on any atom is -0.459 e. The third kappa shape index (κ3) is 1.58. The first-order valence-electron chi connectivity index (χ1n) is 7.92. The van der Waals surface area contributed by atoms with Gasteiger partial charge in [0, 0.05) is 12.8 Å². The zero-order chi connectivity index (χ0) is 14.1. The van der Waals surface area contributed by atoms with E-state index in [0.717, 1.165) is 18.3 Å². The summed E-state index contributed by atoms with van der Waals surface area (Å²) in [5.74, 6) is 2.10. The van der Waals surface area contributed by atoms with Gasteiger partial charge in [0.2, 0.25) is 0 Å². The average Bonchev–Trinajstić information content (AvgIpc) is 2.69. The normalized spacial score (nSPS) is 50.9. The highest BCUT2D eigenvalue weighted by Crippen LogP contribution is 2.73. The predicted octanol–water partition coefficient (Wildman–Crippen LogP) is 4.18. The fourth-order valence-electron chi connectivity index (χ4n) is 6.31. The van der Waals surface area contributed by atoms with E-state index in [4.69, 9.17) is 4.74 Å². The maximum absolute atomic E-state index is 11.5. The number of carbonyl (C=O) groups is 1. The maximum Gasteiger partial charge on any atom is 0.303 e. The van der Waals surface area contributed by atoms with Gasteiger partial charge in [-0.25, -0.2) is 0 Å². The lowest BCUT2D eigenvalue weighted by Gasteiger charge is -2.46. The van der Waals surface area contributed by atoms with Crippen molar-refractivity contribution < 1.29 is 9.53 Å². The van der Waals surface area contributed by atoms with Crippen LogP contribution >= 0.6 is 0 Å². The molecule has 3 aliphatic rings. The fraction of sp³-hybridized carbons (Fsp3) is 0.941. The van der Waals surface area contributed by atoms with Gasteiger partial charge in [0.05, 0.1) is 0 Å². The van der Waals surface area contributed by atoms with Crippen molar-refractivity contribution in [2.75, 3.05) is 0 Å². The molecule has 3 rings (SSSR count). The zero-order valence-corrected chi connectivity index (χ0v) is 13.1. The highest BCUT2D eigenvalue weighted by Gasteiger charge is 2.68. The molecule has 0 amide bonds. The van der Waals surface area contributed by atoms with Crippen LogP contribution in [-0.2, 0) is 9.53 Å². The SMILES string of the molecule is CC(=O)O[C@]1(C)CC[C@@]23C[C@@H]1C(C)(C)C2CC[C@H]3C. The Hall–Kier alpha value is -0.530. The first-order valence-corrected chi connectivity index (χ1v) is 7.92. The Kier molecular flexibility index (Phi) is 2.67. The van der Waals surface area contributed by atoms with E-state index in [1.807, 2.05) is 0 Å². The summed E-state index contributed by atoms with van der Waals surface area (Å²) >= 11 is 0. The number of ether oxygens (including phenoxy) is 1. The fourth-order valence-corrected chi connectivity index (χ4v) is 6.31. The molecule has 2 heteroatoms. The third-order valence-corrected chi connectivity index (χ3v) is 7.15. The lowest BCUT2D eigenvalue weighted by Crippen LogP contribution is -2.47. The third-order valence-electron chi connectivity index (χ3n) is 7.15. The molecule has 1 unspecified atom stereocenters. The molecular weight excluding hydrogens is 236 g/mol. The number of carbonyl (C=O) groups excluding carboxylic acids is 1. The monoisotopic (exact) mass is 264 g/mol. The average molecular weight is 264 g/mol. The van der Waals surface area contributed by atoms with Crippen molar-refractivity contribution in [1.29, 1.82) is 0 Å². The molecule has 0 aromatic rings. The van der Waals surface area contributed by atoms with Gasteiger partial charge in [0.1, 0.15) is 5.60 Å². The molecule has 108 valence electrons. The molecule has 0 aliphatic heterocycles. The van der Waals surface area contributed by atoms with Crippen molar-refractivity contribution in [3.8, 4) is 0 Å². The van der Waals surface area contributed by atoms with Gasteiger partial charge in [-0.1, -0.05) is 20.8 Å². The standard InChI is InChI=1S/C17H28O2/c1-11-6-7-13-15(3,4)14-10-17(11,13)9-8-16(14,5)19-12(2)18/h11,13-14H,6-10H2,1-5H3/t11-,13?,14-,16-,17+/m1/s1. The molecule has 2 nitrogen and oxygen atoms in total. The Morgan fingerprint density at radius 3 is 2.42 bits per heavy atom. The van der Waals surface area contributed by atoms with Gasteiger partial charge in [-0.2, -0.15) is 0 Å². The van der Waals surface area contributed by atoms with Gasteiger partial charge in [0.25, 0.3) is 0 Å². The summed E-state index contributed by atoms with van der Waals surface area (Å²) < 4.78 is 5.80. The highest BCUT2D eigenvalue weighted by atomic mass is 16.6. The molecule has 5 atom stereocenters. The molecule has 19 heavy (non-hydrogen) atoms. The molecule has 1 spiro atoms.